The fourth-order valence-corrected chi connectivity index (χ4v) is 2.03. The quantitative estimate of drug-likeness (QED) is 0.666. The molecule has 1 atom stereocenters. The molecule has 1 saturated heterocycles. The van der Waals surface area contributed by atoms with Gasteiger partial charge in [0.25, 0.3) is 0 Å². The summed E-state index contributed by atoms with van der Waals surface area (Å²) in [5, 5.41) is 3.88. The van der Waals surface area contributed by atoms with Crippen molar-refractivity contribution in [3.05, 3.63) is 22.2 Å². The molecule has 0 aromatic carbocycles. The summed E-state index contributed by atoms with van der Waals surface area (Å²) >= 11 is 11.5. The van der Waals surface area contributed by atoms with Gasteiger partial charge in [0.1, 0.15) is 5.15 Å². The topological polar surface area (TPSA) is 47.0 Å². The number of nitrogens with zero attached hydrogens (tertiary/aromatic N) is 2. The molecule has 1 aromatic heterocycles. The van der Waals surface area contributed by atoms with Crippen molar-refractivity contribution >= 4 is 23.2 Å². The van der Waals surface area contributed by atoms with Crippen LogP contribution in [0.15, 0.2) is 6.20 Å². The zero-order chi connectivity index (χ0) is 11.4. The van der Waals surface area contributed by atoms with Crippen molar-refractivity contribution in [3.8, 4) is 0 Å². The van der Waals surface area contributed by atoms with Gasteiger partial charge in [-0.3, -0.25) is 0 Å². The van der Waals surface area contributed by atoms with E-state index < -0.39 is 0 Å². The molecular formula is C10H13Cl2N3O. The highest BCUT2D eigenvalue weighted by molar-refractivity contribution is 6.32. The van der Waals surface area contributed by atoms with Crippen molar-refractivity contribution in [2.75, 3.05) is 13.2 Å². The van der Waals surface area contributed by atoms with Gasteiger partial charge in [0.15, 0.2) is 0 Å². The normalized spacial score (nSPS) is 20.2. The number of nitrogens with one attached hydrogen (secondary N) is 1. The van der Waals surface area contributed by atoms with Crippen LogP contribution in [0, 0.1) is 0 Å². The molecule has 4 nitrogen and oxygen atoms in total. The van der Waals surface area contributed by atoms with Crippen LogP contribution in [0.4, 0.5) is 0 Å². The van der Waals surface area contributed by atoms with E-state index in [1.165, 1.54) is 12.8 Å². The summed E-state index contributed by atoms with van der Waals surface area (Å²) in [4.78, 5) is 7.71. The van der Waals surface area contributed by atoms with Gasteiger partial charge in [-0.15, -0.1) is 0 Å². The van der Waals surface area contributed by atoms with Gasteiger partial charge in [-0.25, -0.2) is 9.97 Å². The molecule has 88 valence electrons. The molecule has 2 heterocycles. The average Bonchev–Trinajstić information content (AvgIpc) is 2.74. The smallest absolute Gasteiger partial charge is 0.223 e. The summed E-state index contributed by atoms with van der Waals surface area (Å²) in [7, 11) is 0. The highest BCUT2D eigenvalue weighted by atomic mass is 35.5. The third kappa shape index (κ3) is 3.28. The lowest BCUT2D eigenvalue weighted by Crippen LogP contribution is -2.26. The summed E-state index contributed by atoms with van der Waals surface area (Å²) in [5.74, 6) is 0. The fraction of sp³-hybridized carbons (Fsp3) is 0.600. The number of hydrogen-bond acceptors (Lipinski definition) is 4. The molecule has 6 heteroatoms. The minimum absolute atomic E-state index is 0.159. The average molecular weight is 262 g/mol. The molecule has 0 saturated carbocycles. The highest BCUT2D eigenvalue weighted by Gasteiger charge is 2.14. The number of hydrogen-bond donors (Lipinski definition) is 1. The van der Waals surface area contributed by atoms with E-state index in [2.05, 4.69) is 15.3 Å². The minimum atomic E-state index is 0.159. The Hall–Kier alpha value is -0.420. The maximum atomic E-state index is 5.89. The molecular weight excluding hydrogens is 249 g/mol. The molecule has 1 aliphatic rings. The first-order chi connectivity index (χ1) is 7.75. The lowest BCUT2D eigenvalue weighted by molar-refractivity contribution is 0.103. The molecule has 0 spiro atoms. The second-order valence-electron chi connectivity index (χ2n) is 3.76. The maximum Gasteiger partial charge on any atom is 0.223 e. The van der Waals surface area contributed by atoms with Crippen LogP contribution in [0.2, 0.25) is 10.4 Å². The van der Waals surface area contributed by atoms with Gasteiger partial charge >= 0.3 is 0 Å². The van der Waals surface area contributed by atoms with E-state index in [4.69, 9.17) is 27.9 Å². The first-order valence-electron chi connectivity index (χ1n) is 5.24. The zero-order valence-corrected chi connectivity index (χ0v) is 10.3. The Morgan fingerprint density at radius 1 is 1.50 bits per heavy atom. The fourth-order valence-electron chi connectivity index (χ4n) is 1.67. The van der Waals surface area contributed by atoms with E-state index in [0.29, 0.717) is 24.4 Å². The number of rotatable bonds is 4. The van der Waals surface area contributed by atoms with E-state index in [9.17, 15) is 0 Å². The highest BCUT2D eigenvalue weighted by Crippen LogP contribution is 2.15. The van der Waals surface area contributed by atoms with Gasteiger partial charge in [0, 0.05) is 17.8 Å². The van der Waals surface area contributed by atoms with Crippen molar-refractivity contribution in [1.29, 1.82) is 0 Å². The Balaban J connectivity index is 1.80. The molecule has 0 aliphatic carbocycles. The maximum absolute atomic E-state index is 5.89. The second-order valence-corrected chi connectivity index (χ2v) is 4.46. The Morgan fingerprint density at radius 3 is 3.06 bits per heavy atom. The molecule has 0 unspecified atom stereocenters. The summed E-state index contributed by atoms with van der Waals surface area (Å²) in [6.45, 7) is 2.20. The third-order valence-corrected chi connectivity index (χ3v) is 3.03. The first-order valence-corrected chi connectivity index (χ1v) is 5.99. The van der Waals surface area contributed by atoms with Crippen molar-refractivity contribution in [2.24, 2.45) is 0 Å². The van der Waals surface area contributed by atoms with Crippen molar-refractivity contribution in [1.82, 2.24) is 15.3 Å². The van der Waals surface area contributed by atoms with Gasteiger partial charge in [0.2, 0.25) is 5.28 Å². The van der Waals surface area contributed by atoms with Crippen LogP contribution < -0.4 is 5.32 Å². The van der Waals surface area contributed by atoms with E-state index in [1.54, 1.807) is 6.20 Å². The molecule has 2 rings (SSSR count). The summed E-state index contributed by atoms with van der Waals surface area (Å²) in [5.41, 5.74) is 0.768. The van der Waals surface area contributed by atoms with Crippen LogP contribution in [0.25, 0.3) is 0 Å². The summed E-state index contributed by atoms with van der Waals surface area (Å²) in [6.07, 6.45) is 3.99. The van der Waals surface area contributed by atoms with E-state index in [0.717, 1.165) is 12.1 Å². The zero-order valence-electron chi connectivity index (χ0n) is 8.75. The van der Waals surface area contributed by atoms with Crippen LogP contribution in [0.1, 0.15) is 18.4 Å². The van der Waals surface area contributed by atoms with Gasteiger partial charge < -0.3 is 10.1 Å². The third-order valence-electron chi connectivity index (χ3n) is 2.52. The second kappa shape index (κ2) is 5.77. The Kier molecular flexibility index (Phi) is 4.35. The first kappa shape index (κ1) is 12.0. The van der Waals surface area contributed by atoms with Crippen LogP contribution in [-0.4, -0.2) is 29.2 Å². The van der Waals surface area contributed by atoms with Gasteiger partial charge in [-0.1, -0.05) is 11.6 Å². The molecule has 1 N–H and O–H groups in total. The monoisotopic (exact) mass is 261 g/mol. The van der Waals surface area contributed by atoms with Crippen molar-refractivity contribution in [3.63, 3.8) is 0 Å². The van der Waals surface area contributed by atoms with Crippen LogP contribution in [-0.2, 0) is 11.3 Å². The number of aromatic nitrogens is 2. The lowest BCUT2D eigenvalue weighted by atomic mass is 10.2. The van der Waals surface area contributed by atoms with Crippen LogP contribution in [0.5, 0.6) is 0 Å². The van der Waals surface area contributed by atoms with Gasteiger partial charge in [-0.05, 0) is 31.0 Å². The standard InChI is InChI=1S/C10H13Cl2N3O/c11-9-7(4-14-10(12)15-9)5-16-6-8-2-1-3-13-8/h4,8,13H,1-3,5-6H2/t8-/m1/s1. The number of halogens is 2. The molecule has 16 heavy (non-hydrogen) atoms. The Bertz CT molecular complexity index is 356. The van der Waals surface area contributed by atoms with Crippen LogP contribution >= 0.6 is 23.2 Å². The molecule has 1 aromatic rings. The van der Waals surface area contributed by atoms with Crippen molar-refractivity contribution in [2.45, 2.75) is 25.5 Å². The summed E-state index contributed by atoms with van der Waals surface area (Å²) in [6, 6.07) is 0.465. The Morgan fingerprint density at radius 2 is 2.38 bits per heavy atom. The summed E-state index contributed by atoms with van der Waals surface area (Å²) < 4.78 is 5.55. The number of ether oxygens (including phenoxy) is 1. The lowest BCUT2D eigenvalue weighted by Gasteiger charge is -2.10. The SMILES string of the molecule is Clc1ncc(COC[C@H]2CCCN2)c(Cl)n1. The molecule has 1 fully saturated rings. The molecule has 0 amide bonds. The molecule has 0 bridgehead atoms. The van der Waals surface area contributed by atoms with Gasteiger partial charge in [-0.2, -0.15) is 0 Å². The van der Waals surface area contributed by atoms with Gasteiger partial charge in [0.05, 0.1) is 13.2 Å². The predicted molar refractivity (Wildman–Crippen MR) is 62.7 cm³/mol. The van der Waals surface area contributed by atoms with E-state index >= 15 is 0 Å². The van der Waals surface area contributed by atoms with E-state index in [1.807, 2.05) is 0 Å². The largest absolute Gasteiger partial charge is 0.375 e. The predicted octanol–water partition coefficient (Wildman–Crippen LogP) is 2.05. The Labute approximate surface area is 104 Å². The van der Waals surface area contributed by atoms with E-state index in [-0.39, 0.29) is 5.28 Å². The minimum Gasteiger partial charge on any atom is -0.375 e. The molecule has 1 aliphatic heterocycles. The van der Waals surface area contributed by atoms with Crippen molar-refractivity contribution < 1.29 is 4.74 Å². The van der Waals surface area contributed by atoms with Crippen LogP contribution in [0.3, 0.4) is 0 Å². The molecule has 0 radical (unpaired) electrons.